The zero-order chi connectivity index (χ0) is 12.7. The van der Waals surface area contributed by atoms with Crippen molar-refractivity contribution in [2.24, 2.45) is 0 Å². The van der Waals surface area contributed by atoms with E-state index < -0.39 is 6.04 Å². The molecule has 0 aliphatic rings. The molecule has 0 heterocycles. The molecule has 3 nitrogen and oxygen atoms in total. The van der Waals surface area contributed by atoms with Crippen LogP contribution in [-0.2, 0) is 4.79 Å². The lowest BCUT2D eigenvalue weighted by atomic mass is 10.1. The smallest absolute Gasteiger partial charge is 0.251 e. The maximum absolute atomic E-state index is 11.8. The Labute approximate surface area is 102 Å². The number of carbonyl (C=O) groups is 2. The van der Waals surface area contributed by atoms with Gasteiger partial charge >= 0.3 is 0 Å². The van der Waals surface area contributed by atoms with Gasteiger partial charge in [0, 0.05) is 12.0 Å². The van der Waals surface area contributed by atoms with Crippen molar-refractivity contribution in [3.05, 3.63) is 35.9 Å². The van der Waals surface area contributed by atoms with Gasteiger partial charge in [0.25, 0.3) is 5.91 Å². The Hall–Kier alpha value is -1.64. The van der Waals surface area contributed by atoms with Crippen molar-refractivity contribution in [1.29, 1.82) is 0 Å². The molecule has 0 fully saturated rings. The van der Waals surface area contributed by atoms with E-state index in [1.807, 2.05) is 13.0 Å². The molecule has 0 aliphatic carbocycles. The summed E-state index contributed by atoms with van der Waals surface area (Å²) >= 11 is 0. The molecule has 1 aromatic carbocycles. The first kappa shape index (κ1) is 13.4. The lowest BCUT2D eigenvalue weighted by Gasteiger charge is -2.12. The fraction of sp³-hybridized carbons (Fsp3) is 0.429. The highest BCUT2D eigenvalue weighted by Gasteiger charge is 2.15. The first-order valence-corrected chi connectivity index (χ1v) is 6.03. The Balaban J connectivity index is 2.49. The normalized spacial score (nSPS) is 11.9. The first-order chi connectivity index (χ1) is 8.15. The van der Waals surface area contributed by atoms with E-state index in [9.17, 15) is 9.59 Å². The molecule has 1 atom stereocenters. The molecule has 0 aromatic heterocycles. The van der Waals surface area contributed by atoms with Crippen LogP contribution in [0.1, 0.15) is 43.5 Å². The third-order valence-corrected chi connectivity index (χ3v) is 2.64. The number of carbonyl (C=O) groups excluding carboxylic acids is 2. The monoisotopic (exact) mass is 233 g/mol. The SMILES string of the molecule is CCCCC(=O)[C@H](C)NC(=O)c1ccccc1. The van der Waals surface area contributed by atoms with Gasteiger partial charge in [-0.05, 0) is 25.5 Å². The van der Waals surface area contributed by atoms with Crippen molar-refractivity contribution in [3.8, 4) is 0 Å². The molecule has 0 saturated heterocycles. The maximum atomic E-state index is 11.8. The van der Waals surface area contributed by atoms with E-state index in [0.29, 0.717) is 12.0 Å². The summed E-state index contributed by atoms with van der Waals surface area (Å²) in [6.45, 7) is 3.78. The molecule has 1 rings (SSSR count). The zero-order valence-corrected chi connectivity index (χ0v) is 10.4. The van der Waals surface area contributed by atoms with E-state index in [1.165, 1.54) is 0 Å². The predicted molar refractivity (Wildman–Crippen MR) is 67.9 cm³/mol. The van der Waals surface area contributed by atoms with Crippen LogP contribution in [0.15, 0.2) is 30.3 Å². The average molecular weight is 233 g/mol. The van der Waals surface area contributed by atoms with Crippen molar-refractivity contribution in [1.82, 2.24) is 5.32 Å². The van der Waals surface area contributed by atoms with Gasteiger partial charge in [-0.3, -0.25) is 9.59 Å². The number of amides is 1. The van der Waals surface area contributed by atoms with Crippen LogP contribution in [0.3, 0.4) is 0 Å². The van der Waals surface area contributed by atoms with Gasteiger partial charge in [-0.1, -0.05) is 31.5 Å². The van der Waals surface area contributed by atoms with E-state index in [4.69, 9.17) is 0 Å². The molecule has 0 saturated carbocycles. The third kappa shape index (κ3) is 4.39. The molecule has 1 amide bonds. The van der Waals surface area contributed by atoms with Crippen molar-refractivity contribution in [2.45, 2.75) is 39.2 Å². The van der Waals surface area contributed by atoms with Crippen LogP contribution >= 0.6 is 0 Å². The summed E-state index contributed by atoms with van der Waals surface area (Å²) in [6.07, 6.45) is 2.40. The van der Waals surface area contributed by atoms with E-state index in [0.717, 1.165) is 12.8 Å². The van der Waals surface area contributed by atoms with Crippen LogP contribution in [0.5, 0.6) is 0 Å². The average Bonchev–Trinajstić information content (AvgIpc) is 2.36. The molecule has 1 aromatic rings. The minimum Gasteiger partial charge on any atom is -0.343 e. The number of nitrogens with one attached hydrogen (secondary N) is 1. The second kappa shape index (κ2) is 6.84. The van der Waals surface area contributed by atoms with E-state index in [2.05, 4.69) is 5.32 Å². The molecule has 1 N–H and O–H groups in total. The van der Waals surface area contributed by atoms with Gasteiger partial charge in [-0.2, -0.15) is 0 Å². The van der Waals surface area contributed by atoms with Crippen molar-refractivity contribution in [2.75, 3.05) is 0 Å². The Bertz CT molecular complexity index is 373. The highest BCUT2D eigenvalue weighted by atomic mass is 16.2. The number of unbranched alkanes of at least 4 members (excludes halogenated alkanes) is 1. The first-order valence-electron chi connectivity index (χ1n) is 6.03. The molecule has 0 unspecified atom stereocenters. The number of benzene rings is 1. The van der Waals surface area contributed by atoms with Crippen LogP contribution in [0.25, 0.3) is 0 Å². The number of hydrogen-bond acceptors (Lipinski definition) is 2. The summed E-state index contributed by atoms with van der Waals surface area (Å²) in [5.41, 5.74) is 0.586. The summed E-state index contributed by atoms with van der Waals surface area (Å²) in [6, 6.07) is 8.52. The Morgan fingerprint density at radius 3 is 2.47 bits per heavy atom. The van der Waals surface area contributed by atoms with Gasteiger partial charge in [-0.15, -0.1) is 0 Å². The van der Waals surface area contributed by atoms with Crippen molar-refractivity contribution in [3.63, 3.8) is 0 Å². The summed E-state index contributed by atoms with van der Waals surface area (Å²) < 4.78 is 0. The number of rotatable bonds is 6. The quantitative estimate of drug-likeness (QED) is 0.820. The highest BCUT2D eigenvalue weighted by Crippen LogP contribution is 2.02. The fourth-order valence-electron chi connectivity index (χ4n) is 1.52. The molecular formula is C14H19NO2. The maximum Gasteiger partial charge on any atom is 0.251 e. The lowest BCUT2D eigenvalue weighted by Crippen LogP contribution is -2.38. The van der Waals surface area contributed by atoms with Crippen molar-refractivity contribution >= 4 is 11.7 Å². The Morgan fingerprint density at radius 1 is 1.24 bits per heavy atom. The van der Waals surface area contributed by atoms with Crippen LogP contribution in [0.2, 0.25) is 0 Å². The summed E-state index contributed by atoms with van der Waals surface area (Å²) in [4.78, 5) is 23.4. The molecule has 0 radical (unpaired) electrons. The highest BCUT2D eigenvalue weighted by molar-refractivity contribution is 5.97. The topological polar surface area (TPSA) is 46.2 Å². The molecule has 92 valence electrons. The third-order valence-electron chi connectivity index (χ3n) is 2.64. The fourth-order valence-corrected chi connectivity index (χ4v) is 1.52. The van der Waals surface area contributed by atoms with Crippen LogP contribution in [0, 0.1) is 0 Å². The van der Waals surface area contributed by atoms with E-state index in [-0.39, 0.29) is 11.7 Å². The van der Waals surface area contributed by atoms with Gasteiger partial charge in [0.15, 0.2) is 5.78 Å². The van der Waals surface area contributed by atoms with Gasteiger partial charge in [0.05, 0.1) is 6.04 Å². The van der Waals surface area contributed by atoms with Crippen LogP contribution < -0.4 is 5.32 Å². The minimum atomic E-state index is -0.408. The van der Waals surface area contributed by atoms with E-state index in [1.54, 1.807) is 31.2 Å². The van der Waals surface area contributed by atoms with Crippen molar-refractivity contribution < 1.29 is 9.59 Å². The Morgan fingerprint density at radius 2 is 1.88 bits per heavy atom. The molecule has 17 heavy (non-hydrogen) atoms. The largest absolute Gasteiger partial charge is 0.343 e. The second-order valence-corrected chi connectivity index (χ2v) is 4.13. The molecular weight excluding hydrogens is 214 g/mol. The molecule has 3 heteroatoms. The summed E-state index contributed by atoms with van der Waals surface area (Å²) in [5, 5.41) is 2.72. The molecule has 0 bridgehead atoms. The number of Topliss-reactive ketones (excluding diaryl/α,β-unsaturated/α-hetero) is 1. The lowest BCUT2D eigenvalue weighted by molar-refractivity contribution is -0.120. The van der Waals surface area contributed by atoms with Gasteiger partial charge < -0.3 is 5.32 Å². The van der Waals surface area contributed by atoms with Gasteiger partial charge in [-0.25, -0.2) is 0 Å². The summed E-state index contributed by atoms with van der Waals surface area (Å²) in [7, 11) is 0. The minimum absolute atomic E-state index is 0.0936. The summed E-state index contributed by atoms with van der Waals surface area (Å²) in [5.74, 6) is -0.0981. The predicted octanol–water partition coefficient (Wildman–Crippen LogP) is 2.56. The molecule has 0 aliphatic heterocycles. The molecule has 0 spiro atoms. The second-order valence-electron chi connectivity index (χ2n) is 4.13. The van der Waals surface area contributed by atoms with Crippen LogP contribution in [0.4, 0.5) is 0 Å². The van der Waals surface area contributed by atoms with Crippen LogP contribution in [-0.4, -0.2) is 17.7 Å². The Kier molecular flexibility index (Phi) is 5.40. The zero-order valence-electron chi connectivity index (χ0n) is 10.4. The number of hydrogen-bond donors (Lipinski definition) is 1. The van der Waals surface area contributed by atoms with E-state index >= 15 is 0 Å². The standard InChI is InChI=1S/C14H19NO2/c1-3-4-10-13(16)11(2)15-14(17)12-8-6-5-7-9-12/h5-9,11H,3-4,10H2,1-2H3,(H,15,17)/t11-/m0/s1. The van der Waals surface area contributed by atoms with Gasteiger partial charge in [0.2, 0.25) is 0 Å². The number of ketones is 1. The van der Waals surface area contributed by atoms with Gasteiger partial charge in [0.1, 0.15) is 0 Å².